The minimum absolute atomic E-state index is 0.126. The predicted octanol–water partition coefficient (Wildman–Crippen LogP) is 0.562. The number of benzene rings is 1. The Hall–Kier alpha value is -2.24. The SMILES string of the molecule is COc1ccc(NC(=O)CCCC(=O)[O-])cc1OC. The van der Waals surface area contributed by atoms with Gasteiger partial charge in [0, 0.05) is 24.1 Å². The van der Waals surface area contributed by atoms with Gasteiger partial charge in [0.15, 0.2) is 11.5 Å². The van der Waals surface area contributed by atoms with Crippen molar-refractivity contribution in [3.8, 4) is 11.5 Å². The molecule has 0 unspecified atom stereocenters. The summed E-state index contributed by atoms with van der Waals surface area (Å²) in [6.45, 7) is 0. The number of carbonyl (C=O) groups excluding carboxylic acids is 2. The van der Waals surface area contributed by atoms with Crippen LogP contribution in [0.15, 0.2) is 18.2 Å². The van der Waals surface area contributed by atoms with Gasteiger partial charge in [0.25, 0.3) is 0 Å². The largest absolute Gasteiger partial charge is 0.550 e. The van der Waals surface area contributed by atoms with Crippen molar-refractivity contribution in [1.29, 1.82) is 0 Å². The molecule has 0 aromatic heterocycles. The third-order valence-corrected chi connectivity index (χ3v) is 2.45. The molecular weight excluding hydrogens is 250 g/mol. The van der Waals surface area contributed by atoms with Gasteiger partial charge in [-0.3, -0.25) is 4.79 Å². The van der Waals surface area contributed by atoms with Crippen LogP contribution >= 0.6 is 0 Å². The maximum atomic E-state index is 11.6. The predicted molar refractivity (Wildman–Crippen MR) is 67.0 cm³/mol. The lowest BCUT2D eigenvalue weighted by Crippen LogP contribution is -2.22. The van der Waals surface area contributed by atoms with Crippen LogP contribution in [0.3, 0.4) is 0 Å². The number of hydrogen-bond acceptors (Lipinski definition) is 5. The van der Waals surface area contributed by atoms with E-state index < -0.39 is 5.97 Å². The molecule has 0 aliphatic rings. The fourth-order valence-electron chi connectivity index (χ4n) is 1.53. The highest BCUT2D eigenvalue weighted by Crippen LogP contribution is 2.29. The van der Waals surface area contributed by atoms with E-state index in [1.54, 1.807) is 18.2 Å². The molecule has 0 saturated carbocycles. The number of ether oxygens (including phenoxy) is 2. The number of hydrogen-bond donors (Lipinski definition) is 1. The number of amides is 1. The van der Waals surface area contributed by atoms with Crippen LogP contribution in [0.4, 0.5) is 5.69 Å². The first-order valence-corrected chi connectivity index (χ1v) is 5.78. The Morgan fingerprint density at radius 2 is 1.84 bits per heavy atom. The van der Waals surface area contributed by atoms with Gasteiger partial charge in [0.2, 0.25) is 5.91 Å². The topological polar surface area (TPSA) is 87.7 Å². The highest BCUT2D eigenvalue weighted by atomic mass is 16.5. The second kappa shape index (κ2) is 7.25. The Morgan fingerprint density at radius 3 is 2.42 bits per heavy atom. The Bertz CT molecular complexity index is 458. The molecule has 0 heterocycles. The molecule has 1 aromatic rings. The maximum absolute atomic E-state index is 11.6. The fourth-order valence-corrected chi connectivity index (χ4v) is 1.53. The molecule has 0 radical (unpaired) electrons. The van der Waals surface area contributed by atoms with Crippen molar-refractivity contribution in [3.05, 3.63) is 18.2 Å². The van der Waals surface area contributed by atoms with Crippen molar-refractivity contribution in [2.45, 2.75) is 19.3 Å². The van der Waals surface area contributed by atoms with Crippen LogP contribution in [0.5, 0.6) is 11.5 Å². The number of rotatable bonds is 7. The summed E-state index contributed by atoms with van der Waals surface area (Å²) >= 11 is 0. The van der Waals surface area contributed by atoms with Gasteiger partial charge in [-0.15, -0.1) is 0 Å². The van der Waals surface area contributed by atoms with Crippen molar-refractivity contribution >= 4 is 17.6 Å². The van der Waals surface area contributed by atoms with E-state index in [2.05, 4.69) is 5.32 Å². The third kappa shape index (κ3) is 4.87. The molecule has 0 atom stereocenters. The Labute approximate surface area is 111 Å². The Kier molecular flexibility index (Phi) is 5.66. The number of nitrogens with one attached hydrogen (secondary N) is 1. The average molecular weight is 266 g/mol. The van der Waals surface area contributed by atoms with Gasteiger partial charge in [-0.25, -0.2) is 0 Å². The lowest BCUT2D eigenvalue weighted by Gasteiger charge is -2.10. The van der Waals surface area contributed by atoms with Crippen LogP contribution in [0.2, 0.25) is 0 Å². The molecule has 1 amide bonds. The summed E-state index contributed by atoms with van der Waals surface area (Å²) in [7, 11) is 3.03. The van der Waals surface area contributed by atoms with Crippen molar-refractivity contribution in [1.82, 2.24) is 0 Å². The molecule has 0 aliphatic carbocycles. The zero-order chi connectivity index (χ0) is 14.3. The van der Waals surface area contributed by atoms with Crippen LogP contribution in [-0.4, -0.2) is 26.1 Å². The number of carboxylic acid groups (broad SMARTS) is 1. The molecular formula is C13H16NO5-. The third-order valence-electron chi connectivity index (χ3n) is 2.45. The average Bonchev–Trinajstić information content (AvgIpc) is 2.38. The van der Waals surface area contributed by atoms with E-state index in [1.807, 2.05) is 0 Å². The molecule has 1 N–H and O–H groups in total. The van der Waals surface area contributed by atoms with Crippen LogP contribution in [0, 0.1) is 0 Å². The summed E-state index contributed by atoms with van der Waals surface area (Å²) in [4.78, 5) is 21.8. The monoisotopic (exact) mass is 266 g/mol. The number of aliphatic carboxylic acids is 1. The summed E-state index contributed by atoms with van der Waals surface area (Å²) in [5.41, 5.74) is 0.566. The van der Waals surface area contributed by atoms with Gasteiger partial charge in [-0.05, 0) is 25.0 Å². The first kappa shape index (κ1) is 14.8. The minimum Gasteiger partial charge on any atom is -0.550 e. The molecule has 6 nitrogen and oxygen atoms in total. The van der Waals surface area contributed by atoms with Crippen molar-refractivity contribution in [3.63, 3.8) is 0 Å². The van der Waals surface area contributed by atoms with Crippen LogP contribution in [-0.2, 0) is 9.59 Å². The van der Waals surface area contributed by atoms with E-state index in [-0.39, 0.29) is 25.2 Å². The summed E-state index contributed by atoms with van der Waals surface area (Å²) in [5, 5.41) is 12.9. The minimum atomic E-state index is -1.15. The van der Waals surface area contributed by atoms with E-state index in [0.717, 1.165) is 0 Å². The lowest BCUT2D eigenvalue weighted by molar-refractivity contribution is -0.305. The van der Waals surface area contributed by atoms with Gasteiger partial charge in [0.05, 0.1) is 14.2 Å². The van der Waals surface area contributed by atoms with E-state index >= 15 is 0 Å². The molecule has 0 spiro atoms. The Balaban J connectivity index is 2.57. The van der Waals surface area contributed by atoms with E-state index in [9.17, 15) is 14.7 Å². The second-order valence-corrected chi connectivity index (χ2v) is 3.84. The van der Waals surface area contributed by atoms with Gasteiger partial charge in [-0.2, -0.15) is 0 Å². The van der Waals surface area contributed by atoms with Gasteiger partial charge in [0.1, 0.15) is 0 Å². The number of methoxy groups -OCH3 is 2. The standard InChI is InChI=1S/C13H17NO5/c1-18-10-7-6-9(8-11(10)19-2)14-12(15)4-3-5-13(16)17/h6-8H,3-5H2,1-2H3,(H,14,15)(H,16,17)/p-1. The van der Waals surface area contributed by atoms with Crippen molar-refractivity contribution in [2.75, 3.05) is 19.5 Å². The van der Waals surface area contributed by atoms with Crippen LogP contribution < -0.4 is 19.9 Å². The molecule has 0 bridgehead atoms. The second-order valence-electron chi connectivity index (χ2n) is 3.84. The van der Waals surface area contributed by atoms with Gasteiger partial charge >= 0.3 is 0 Å². The molecule has 0 saturated heterocycles. The summed E-state index contributed by atoms with van der Waals surface area (Å²) in [6, 6.07) is 4.99. The van der Waals surface area contributed by atoms with Crippen LogP contribution in [0.25, 0.3) is 0 Å². The summed E-state index contributed by atoms with van der Waals surface area (Å²) < 4.78 is 10.2. The van der Waals surface area contributed by atoms with E-state index in [4.69, 9.17) is 9.47 Å². The molecule has 0 fully saturated rings. The first-order chi connectivity index (χ1) is 9.06. The highest BCUT2D eigenvalue weighted by molar-refractivity contribution is 5.91. The van der Waals surface area contributed by atoms with Gasteiger partial charge in [-0.1, -0.05) is 0 Å². The van der Waals surface area contributed by atoms with Crippen LogP contribution in [0.1, 0.15) is 19.3 Å². The molecule has 6 heteroatoms. The lowest BCUT2D eigenvalue weighted by atomic mass is 10.2. The molecule has 1 rings (SSSR count). The maximum Gasteiger partial charge on any atom is 0.224 e. The van der Waals surface area contributed by atoms with Crippen molar-refractivity contribution < 1.29 is 24.2 Å². The van der Waals surface area contributed by atoms with E-state index in [1.165, 1.54) is 14.2 Å². The first-order valence-electron chi connectivity index (χ1n) is 5.78. The smallest absolute Gasteiger partial charge is 0.224 e. The molecule has 0 aliphatic heterocycles. The number of anilines is 1. The zero-order valence-corrected chi connectivity index (χ0v) is 10.9. The molecule has 1 aromatic carbocycles. The molecule has 19 heavy (non-hydrogen) atoms. The summed E-state index contributed by atoms with van der Waals surface area (Å²) in [5.74, 6) is -0.333. The normalized spacial score (nSPS) is 9.79. The van der Waals surface area contributed by atoms with Gasteiger partial charge < -0.3 is 24.7 Å². The number of carboxylic acids is 1. The Morgan fingerprint density at radius 1 is 1.16 bits per heavy atom. The molecule has 104 valence electrons. The van der Waals surface area contributed by atoms with Crippen molar-refractivity contribution in [2.24, 2.45) is 0 Å². The van der Waals surface area contributed by atoms with E-state index in [0.29, 0.717) is 17.2 Å². The summed E-state index contributed by atoms with van der Waals surface area (Å²) in [6.07, 6.45) is 0.253. The fraction of sp³-hybridized carbons (Fsp3) is 0.385. The quantitative estimate of drug-likeness (QED) is 0.779. The highest BCUT2D eigenvalue weighted by Gasteiger charge is 2.07. The number of carbonyl (C=O) groups is 2. The zero-order valence-electron chi connectivity index (χ0n) is 10.9.